The molecule has 2 aliphatic rings. The fourth-order valence-corrected chi connectivity index (χ4v) is 4.56. The van der Waals surface area contributed by atoms with Crippen LogP contribution in [0.25, 0.3) is 0 Å². The van der Waals surface area contributed by atoms with E-state index >= 15 is 0 Å². The van der Waals surface area contributed by atoms with E-state index in [-0.39, 0.29) is 24.9 Å². The minimum Gasteiger partial charge on any atom is -0.491 e. The average Bonchev–Trinajstić information content (AvgIpc) is 3.52. The van der Waals surface area contributed by atoms with Crippen molar-refractivity contribution in [2.24, 2.45) is 0 Å². The molecule has 0 fully saturated rings. The van der Waals surface area contributed by atoms with Crippen molar-refractivity contribution in [1.82, 2.24) is 20.7 Å². The van der Waals surface area contributed by atoms with E-state index in [1.54, 1.807) is 23.0 Å². The van der Waals surface area contributed by atoms with Gasteiger partial charge in [-0.05, 0) is 23.3 Å². The second-order valence-electron chi connectivity index (χ2n) is 9.52. The van der Waals surface area contributed by atoms with Crippen molar-refractivity contribution in [3.05, 3.63) is 58.7 Å². The summed E-state index contributed by atoms with van der Waals surface area (Å²) in [5.74, 6) is 0.303. The SMILES string of the molecule is CC(C)NCCNC(=O)CN(CC(=O)N(C)N1Cc2ccccc2C1)c1cc(C#N)cc2c1OCC2. The zero-order valence-corrected chi connectivity index (χ0v) is 21.2. The molecule has 9 heteroatoms. The normalized spacial score (nSPS) is 14.1. The maximum Gasteiger partial charge on any atom is 0.256 e. The first-order chi connectivity index (χ1) is 17.4. The van der Waals surface area contributed by atoms with Gasteiger partial charge in [0.2, 0.25) is 5.91 Å². The summed E-state index contributed by atoms with van der Waals surface area (Å²) in [6, 6.07) is 14.2. The number of nitriles is 1. The molecule has 4 rings (SSSR count). The summed E-state index contributed by atoms with van der Waals surface area (Å²) in [5, 5.41) is 19.4. The smallest absolute Gasteiger partial charge is 0.256 e. The molecule has 2 aliphatic heterocycles. The Balaban J connectivity index is 1.51. The number of carbonyl (C=O) groups is 2. The van der Waals surface area contributed by atoms with Gasteiger partial charge in [0.05, 0.1) is 37.0 Å². The van der Waals surface area contributed by atoms with E-state index in [0.29, 0.717) is 62.2 Å². The van der Waals surface area contributed by atoms with Crippen LogP contribution in [0.4, 0.5) is 5.69 Å². The average molecular weight is 491 g/mol. The lowest BCUT2D eigenvalue weighted by molar-refractivity contribution is -0.145. The first kappa shape index (κ1) is 25.5. The monoisotopic (exact) mass is 490 g/mol. The predicted molar refractivity (Wildman–Crippen MR) is 137 cm³/mol. The van der Waals surface area contributed by atoms with Gasteiger partial charge in [0.25, 0.3) is 5.91 Å². The van der Waals surface area contributed by atoms with Crippen LogP contribution in [0.5, 0.6) is 5.75 Å². The summed E-state index contributed by atoms with van der Waals surface area (Å²) in [7, 11) is 1.76. The Bertz CT molecular complexity index is 1130. The van der Waals surface area contributed by atoms with Gasteiger partial charge in [0.15, 0.2) is 0 Å². The van der Waals surface area contributed by atoms with Crippen LogP contribution in [-0.2, 0) is 29.1 Å². The largest absolute Gasteiger partial charge is 0.491 e. The lowest BCUT2D eigenvalue weighted by atomic mass is 10.1. The fourth-order valence-electron chi connectivity index (χ4n) is 4.56. The van der Waals surface area contributed by atoms with Crippen LogP contribution in [0, 0.1) is 11.3 Å². The Labute approximate surface area is 212 Å². The number of fused-ring (bicyclic) bond motifs is 2. The van der Waals surface area contributed by atoms with Gasteiger partial charge in [-0.15, -0.1) is 0 Å². The third-order valence-corrected chi connectivity index (χ3v) is 6.50. The number of hydrogen-bond acceptors (Lipinski definition) is 7. The standard InChI is InChI=1S/C27H34N6O3/c1-19(2)29-9-10-30-25(34)17-32(24-13-20(14-28)12-21-8-11-36-27(21)24)18-26(35)31(3)33-15-22-6-4-5-7-23(22)16-33/h4-7,12-13,19,29H,8-11,15-18H2,1-3H3,(H,30,34). The van der Waals surface area contributed by atoms with E-state index in [1.165, 1.54) is 11.1 Å². The number of hydrogen-bond donors (Lipinski definition) is 2. The Morgan fingerprint density at radius 2 is 1.83 bits per heavy atom. The van der Waals surface area contributed by atoms with Gasteiger partial charge < -0.3 is 20.3 Å². The fraction of sp³-hybridized carbons (Fsp3) is 0.444. The van der Waals surface area contributed by atoms with Gasteiger partial charge >= 0.3 is 0 Å². The third kappa shape index (κ3) is 5.96. The summed E-state index contributed by atoms with van der Waals surface area (Å²) < 4.78 is 5.87. The van der Waals surface area contributed by atoms with E-state index in [2.05, 4.69) is 28.8 Å². The van der Waals surface area contributed by atoms with E-state index in [1.807, 2.05) is 37.1 Å². The van der Waals surface area contributed by atoms with Crippen molar-refractivity contribution in [2.45, 2.75) is 39.4 Å². The summed E-state index contributed by atoms with van der Waals surface area (Å²) in [6.45, 7) is 7.02. The van der Waals surface area contributed by atoms with Crippen molar-refractivity contribution in [3.63, 3.8) is 0 Å². The van der Waals surface area contributed by atoms with Gasteiger partial charge in [0.1, 0.15) is 5.75 Å². The molecule has 0 unspecified atom stereocenters. The molecule has 0 radical (unpaired) electrons. The molecule has 0 saturated carbocycles. The summed E-state index contributed by atoms with van der Waals surface area (Å²) in [4.78, 5) is 28.0. The number of likely N-dealkylation sites (N-methyl/N-ethyl adjacent to an activating group) is 1. The van der Waals surface area contributed by atoms with Crippen LogP contribution in [0.2, 0.25) is 0 Å². The second-order valence-corrected chi connectivity index (χ2v) is 9.52. The number of rotatable bonds is 10. The molecule has 2 N–H and O–H groups in total. The Morgan fingerprint density at radius 3 is 2.50 bits per heavy atom. The highest BCUT2D eigenvalue weighted by molar-refractivity contribution is 5.87. The van der Waals surface area contributed by atoms with Crippen LogP contribution in [-0.4, -0.2) is 67.7 Å². The minimum atomic E-state index is -0.196. The molecule has 0 atom stereocenters. The Hall–Kier alpha value is -3.61. The molecule has 36 heavy (non-hydrogen) atoms. The van der Waals surface area contributed by atoms with E-state index in [4.69, 9.17) is 4.74 Å². The quantitative estimate of drug-likeness (QED) is 0.490. The number of ether oxygens (including phenoxy) is 1. The summed E-state index contributed by atoms with van der Waals surface area (Å²) >= 11 is 0. The summed E-state index contributed by atoms with van der Waals surface area (Å²) in [5.41, 5.74) is 4.42. The molecule has 2 heterocycles. The molecule has 0 spiro atoms. The van der Waals surface area contributed by atoms with Gasteiger partial charge in [-0.25, -0.2) is 5.01 Å². The number of nitrogens with zero attached hydrogens (tertiary/aromatic N) is 4. The molecule has 0 aliphatic carbocycles. The number of amides is 2. The van der Waals surface area contributed by atoms with Crippen LogP contribution >= 0.6 is 0 Å². The predicted octanol–water partition coefficient (Wildman–Crippen LogP) is 1.80. The zero-order valence-electron chi connectivity index (χ0n) is 21.2. The van der Waals surface area contributed by atoms with Gasteiger partial charge in [0, 0.05) is 51.3 Å². The molecule has 0 aromatic heterocycles. The number of hydrazine groups is 1. The van der Waals surface area contributed by atoms with Crippen molar-refractivity contribution in [2.75, 3.05) is 44.7 Å². The maximum atomic E-state index is 13.4. The van der Waals surface area contributed by atoms with Crippen molar-refractivity contribution < 1.29 is 14.3 Å². The minimum absolute atomic E-state index is 0.0217. The highest BCUT2D eigenvalue weighted by atomic mass is 16.5. The highest BCUT2D eigenvalue weighted by Gasteiger charge is 2.29. The van der Waals surface area contributed by atoms with Gasteiger partial charge in [-0.2, -0.15) is 5.26 Å². The van der Waals surface area contributed by atoms with Crippen LogP contribution in [0.1, 0.15) is 36.1 Å². The number of carbonyl (C=O) groups excluding carboxylic acids is 2. The number of anilines is 1. The Kier molecular flexibility index (Phi) is 8.08. The molecule has 0 bridgehead atoms. The molecular formula is C27H34N6O3. The van der Waals surface area contributed by atoms with Crippen LogP contribution in [0.15, 0.2) is 36.4 Å². The highest BCUT2D eigenvalue weighted by Crippen LogP contribution is 2.37. The van der Waals surface area contributed by atoms with Crippen molar-refractivity contribution in [3.8, 4) is 11.8 Å². The van der Waals surface area contributed by atoms with Crippen molar-refractivity contribution in [1.29, 1.82) is 5.26 Å². The molecule has 190 valence electrons. The molecule has 2 amide bonds. The molecule has 2 aromatic carbocycles. The molecular weight excluding hydrogens is 456 g/mol. The number of benzene rings is 2. The van der Waals surface area contributed by atoms with Crippen LogP contribution < -0.4 is 20.3 Å². The molecule has 9 nitrogen and oxygen atoms in total. The summed E-state index contributed by atoms with van der Waals surface area (Å²) in [6.07, 6.45) is 0.693. The van der Waals surface area contributed by atoms with Crippen LogP contribution in [0.3, 0.4) is 0 Å². The second kappa shape index (κ2) is 11.4. The Morgan fingerprint density at radius 1 is 1.11 bits per heavy atom. The van der Waals surface area contributed by atoms with Gasteiger partial charge in [-0.1, -0.05) is 38.1 Å². The first-order valence-electron chi connectivity index (χ1n) is 12.4. The van der Waals surface area contributed by atoms with E-state index in [9.17, 15) is 14.9 Å². The zero-order chi connectivity index (χ0) is 25.7. The van der Waals surface area contributed by atoms with E-state index in [0.717, 1.165) is 5.56 Å². The molecule has 2 aromatic rings. The topological polar surface area (TPSA) is 101 Å². The van der Waals surface area contributed by atoms with E-state index < -0.39 is 0 Å². The first-order valence-corrected chi connectivity index (χ1v) is 12.4. The maximum absolute atomic E-state index is 13.4. The molecule has 0 saturated heterocycles. The number of nitrogens with one attached hydrogen (secondary N) is 2. The van der Waals surface area contributed by atoms with Crippen molar-refractivity contribution >= 4 is 17.5 Å². The third-order valence-electron chi connectivity index (χ3n) is 6.50. The van der Waals surface area contributed by atoms with Gasteiger partial charge in [-0.3, -0.25) is 14.6 Å². The lowest BCUT2D eigenvalue weighted by Gasteiger charge is -2.32. The lowest BCUT2D eigenvalue weighted by Crippen LogP contribution is -2.48.